The van der Waals surface area contributed by atoms with Crippen molar-refractivity contribution in [3.05, 3.63) is 58.9 Å². The highest BCUT2D eigenvalue weighted by Crippen LogP contribution is 2.22. The number of rotatable bonds is 5. The number of hydrogen-bond donors (Lipinski definition) is 2. The second-order valence-corrected chi connectivity index (χ2v) is 5.44. The molecule has 1 atom stereocenters. The van der Waals surface area contributed by atoms with Crippen LogP contribution in [0.15, 0.2) is 42.5 Å². The van der Waals surface area contributed by atoms with E-state index in [0.29, 0.717) is 10.8 Å². The van der Waals surface area contributed by atoms with E-state index in [1.165, 1.54) is 56.5 Å². The summed E-state index contributed by atoms with van der Waals surface area (Å²) >= 11 is 5.83. The van der Waals surface area contributed by atoms with Crippen LogP contribution >= 0.6 is 11.6 Å². The Morgan fingerprint density at radius 1 is 1.12 bits per heavy atom. The molecule has 25 heavy (non-hydrogen) atoms. The number of halogens is 2. The highest BCUT2D eigenvalue weighted by atomic mass is 35.5. The van der Waals surface area contributed by atoms with E-state index in [4.69, 9.17) is 21.1 Å². The lowest BCUT2D eigenvalue weighted by Crippen LogP contribution is -2.47. The Morgan fingerprint density at radius 2 is 1.80 bits per heavy atom. The second kappa shape index (κ2) is 8.34. The molecule has 0 aliphatic heterocycles. The number of benzene rings is 2. The molecule has 1 unspecified atom stereocenters. The van der Waals surface area contributed by atoms with Gasteiger partial charge in [0.15, 0.2) is 6.10 Å². The number of carbonyl (C=O) groups is 2. The first kappa shape index (κ1) is 18.5. The first-order chi connectivity index (χ1) is 11.9. The topological polar surface area (TPSA) is 76.7 Å². The summed E-state index contributed by atoms with van der Waals surface area (Å²) in [7, 11) is 1.40. The van der Waals surface area contributed by atoms with Gasteiger partial charge < -0.3 is 9.47 Å². The largest absolute Gasteiger partial charge is 0.496 e. The van der Waals surface area contributed by atoms with Crippen LogP contribution in [-0.2, 0) is 4.79 Å². The highest BCUT2D eigenvalue weighted by Gasteiger charge is 2.17. The van der Waals surface area contributed by atoms with Crippen molar-refractivity contribution in [3.8, 4) is 11.5 Å². The molecule has 2 rings (SSSR count). The zero-order valence-electron chi connectivity index (χ0n) is 13.5. The summed E-state index contributed by atoms with van der Waals surface area (Å²) in [6.07, 6.45) is -0.905. The molecule has 2 amide bonds. The summed E-state index contributed by atoms with van der Waals surface area (Å²) in [4.78, 5) is 24.1. The van der Waals surface area contributed by atoms with Gasteiger partial charge in [0.25, 0.3) is 11.8 Å². The maximum atomic E-state index is 12.8. The minimum Gasteiger partial charge on any atom is -0.496 e. The molecule has 6 nitrogen and oxygen atoms in total. The molecule has 0 saturated heterocycles. The molecule has 0 radical (unpaired) electrons. The fourth-order valence-corrected chi connectivity index (χ4v) is 2.07. The van der Waals surface area contributed by atoms with Gasteiger partial charge in [-0.05, 0) is 49.4 Å². The first-order valence-electron chi connectivity index (χ1n) is 7.26. The van der Waals surface area contributed by atoms with E-state index < -0.39 is 23.7 Å². The van der Waals surface area contributed by atoms with Gasteiger partial charge in [-0.25, -0.2) is 4.39 Å². The lowest BCUT2D eigenvalue weighted by Gasteiger charge is -2.15. The molecule has 0 aliphatic rings. The van der Waals surface area contributed by atoms with Gasteiger partial charge in [0.05, 0.1) is 12.7 Å². The Bertz CT molecular complexity index is 768. The maximum absolute atomic E-state index is 12.8. The lowest BCUT2D eigenvalue weighted by atomic mass is 10.2. The molecule has 2 N–H and O–H groups in total. The van der Waals surface area contributed by atoms with Gasteiger partial charge in [0.2, 0.25) is 0 Å². The molecule has 0 aromatic heterocycles. The van der Waals surface area contributed by atoms with E-state index in [1.807, 2.05) is 0 Å². The van der Waals surface area contributed by atoms with Crippen LogP contribution < -0.4 is 20.3 Å². The Morgan fingerprint density at radius 3 is 2.44 bits per heavy atom. The Balaban J connectivity index is 1.92. The molecule has 132 valence electrons. The molecule has 2 aromatic carbocycles. The lowest BCUT2D eigenvalue weighted by molar-refractivity contribution is -0.128. The molecule has 0 bridgehead atoms. The van der Waals surface area contributed by atoms with E-state index in [2.05, 4.69) is 10.9 Å². The van der Waals surface area contributed by atoms with Gasteiger partial charge in [-0.3, -0.25) is 20.4 Å². The van der Waals surface area contributed by atoms with Crippen molar-refractivity contribution < 1.29 is 23.5 Å². The van der Waals surface area contributed by atoms with Crippen LogP contribution in [0.4, 0.5) is 4.39 Å². The minimum absolute atomic E-state index is 0.208. The Labute approximate surface area is 148 Å². The normalized spacial score (nSPS) is 11.4. The monoisotopic (exact) mass is 366 g/mol. The zero-order valence-corrected chi connectivity index (χ0v) is 14.3. The quantitative estimate of drug-likeness (QED) is 0.798. The average Bonchev–Trinajstić information content (AvgIpc) is 2.61. The molecule has 0 heterocycles. The van der Waals surface area contributed by atoms with Crippen molar-refractivity contribution >= 4 is 23.4 Å². The van der Waals surface area contributed by atoms with Gasteiger partial charge in [-0.15, -0.1) is 0 Å². The van der Waals surface area contributed by atoms with Crippen molar-refractivity contribution in [3.63, 3.8) is 0 Å². The summed E-state index contributed by atoms with van der Waals surface area (Å²) in [6, 6.07) is 9.72. The molecule has 2 aromatic rings. The molecule has 0 spiro atoms. The van der Waals surface area contributed by atoms with E-state index in [-0.39, 0.29) is 11.3 Å². The van der Waals surface area contributed by atoms with Crippen molar-refractivity contribution in [2.45, 2.75) is 13.0 Å². The molecule has 0 fully saturated rings. The van der Waals surface area contributed by atoms with E-state index in [1.54, 1.807) is 0 Å². The number of ether oxygens (including phenoxy) is 2. The van der Waals surface area contributed by atoms with Crippen molar-refractivity contribution in [2.24, 2.45) is 0 Å². The van der Waals surface area contributed by atoms with E-state index in [9.17, 15) is 14.0 Å². The Kier molecular flexibility index (Phi) is 6.19. The average molecular weight is 367 g/mol. The molecular weight excluding hydrogens is 351 g/mol. The van der Waals surface area contributed by atoms with E-state index in [0.717, 1.165) is 0 Å². The van der Waals surface area contributed by atoms with Crippen LogP contribution in [0.2, 0.25) is 5.02 Å². The number of methoxy groups -OCH3 is 1. The van der Waals surface area contributed by atoms with Gasteiger partial charge in [-0.1, -0.05) is 11.6 Å². The number of carbonyl (C=O) groups excluding carboxylic acids is 2. The summed E-state index contributed by atoms with van der Waals surface area (Å²) < 4.78 is 23.3. The zero-order chi connectivity index (χ0) is 18.4. The summed E-state index contributed by atoms with van der Waals surface area (Å²) in [5.41, 5.74) is 4.73. The van der Waals surface area contributed by atoms with Gasteiger partial charge >= 0.3 is 0 Å². The van der Waals surface area contributed by atoms with E-state index >= 15 is 0 Å². The number of hydrogen-bond acceptors (Lipinski definition) is 4. The molecule has 8 heteroatoms. The van der Waals surface area contributed by atoms with Crippen LogP contribution in [0.1, 0.15) is 17.3 Å². The molecule has 0 aliphatic carbocycles. The SMILES string of the molecule is COc1cc(Cl)ccc1C(=O)NNC(=O)C(C)Oc1ccc(F)cc1. The number of nitrogens with one attached hydrogen (secondary N) is 2. The fraction of sp³-hybridized carbons (Fsp3) is 0.176. The third-order valence-electron chi connectivity index (χ3n) is 3.20. The van der Waals surface area contributed by atoms with Gasteiger partial charge in [0, 0.05) is 5.02 Å². The van der Waals surface area contributed by atoms with Crippen LogP contribution in [-0.4, -0.2) is 25.0 Å². The fourth-order valence-electron chi connectivity index (χ4n) is 1.91. The predicted octanol–water partition coefficient (Wildman–Crippen LogP) is 2.72. The van der Waals surface area contributed by atoms with Crippen LogP contribution in [0.5, 0.6) is 11.5 Å². The van der Waals surface area contributed by atoms with Crippen LogP contribution in [0.25, 0.3) is 0 Å². The summed E-state index contributed by atoms with van der Waals surface area (Å²) in [6.45, 7) is 1.49. The standard InChI is InChI=1S/C17H16ClFN2O4/c1-10(25-13-6-4-12(19)5-7-13)16(22)20-21-17(23)14-8-3-11(18)9-15(14)24-2/h3-10H,1-2H3,(H,20,22)(H,21,23). The maximum Gasteiger partial charge on any atom is 0.279 e. The second-order valence-electron chi connectivity index (χ2n) is 5.00. The first-order valence-corrected chi connectivity index (χ1v) is 7.64. The number of amides is 2. The van der Waals surface area contributed by atoms with Crippen molar-refractivity contribution in [2.75, 3.05) is 7.11 Å². The minimum atomic E-state index is -0.905. The van der Waals surface area contributed by atoms with Crippen molar-refractivity contribution in [1.82, 2.24) is 10.9 Å². The van der Waals surface area contributed by atoms with Crippen molar-refractivity contribution in [1.29, 1.82) is 0 Å². The number of hydrazine groups is 1. The third kappa shape index (κ3) is 5.09. The molecular formula is C17H16ClFN2O4. The van der Waals surface area contributed by atoms with Gasteiger partial charge in [0.1, 0.15) is 17.3 Å². The Hall–Kier alpha value is -2.80. The third-order valence-corrected chi connectivity index (χ3v) is 3.44. The summed E-state index contributed by atoms with van der Waals surface area (Å²) in [5.74, 6) is -0.959. The summed E-state index contributed by atoms with van der Waals surface area (Å²) in [5, 5.41) is 0.416. The van der Waals surface area contributed by atoms with Gasteiger partial charge in [-0.2, -0.15) is 0 Å². The highest BCUT2D eigenvalue weighted by molar-refractivity contribution is 6.30. The van der Waals surface area contributed by atoms with Crippen LogP contribution in [0, 0.1) is 5.82 Å². The molecule has 0 saturated carbocycles. The smallest absolute Gasteiger partial charge is 0.279 e. The predicted molar refractivity (Wildman–Crippen MR) is 90.1 cm³/mol. The van der Waals surface area contributed by atoms with Crippen LogP contribution in [0.3, 0.4) is 0 Å².